The van der Waals surface area contributed by atoms with Gasteiger partial charge in [-0.15, -0.1) is 0 Å². The van der Waals surface area contributed by atoms with Crippen LogP contribution in [0, 0.1) is 0 Å². The van der Waals surface area contributed by atoms with Gasteiger partial charge >= 0.3 is 0 Å². The molecule has 1 aromatic rings. The van der Waals surface area contributed by atoms with E-state index >= 15 is 0 Å². The highest BCUT2D eigenvalue weighted by molar-refractivity contribution is 5.19. The number of hydrogen-bond acceptors (Lipinski definition) is 3. The molecule has 1 fully saturated rings. The first-order valence-electron chi connectivity index (χ1n) is 8.85. The number of rotatable bonds is 7. The maximum Gasteiger partial charge on any atom is 0.0466 e. The zero-order chi connectivity index (χ0) is 15.8. The van der Waals surface area contributed by atoms with Gasteiger partial charge in [0.25, 0.3) is 0 Å². The molecule has 1 saturated heterocycles. The maximum atomic E-state index is 3.75. The second-order valence-corrected chi connectivity index (χ2v) is 6.94. The van der Waals surface area contributed by atoms with Gasteiger partial charge in [0.1, 0.15) is 0 Å². The number of hydrogen-bond donors (Lipinski definition) is 2. The van der Waals surface area contributed by atoms with Crippen LogP contribution >= 0.6 is 0 Å². The molecule has 1 aliphatic rings. The van der Waals surface area contributed by atoms with Gasteiger partial charge in [-0.1, -0.05) is 43.2 Å². The Labute approximate surface area is 136 Å². The number of benzene rings is 1. The van der Waals surface area contributed by atoms with Crippen molar-refractivity contribution in [2.75, 3.05) is 27.2 Å². The van der Waals surface area contributed by atoms with Gasteiger partial charge in [0, 0.05) is 24.7 Å². The zero-order valence-electron chi connectivity index (χ0n) is 14.5. The molecule has 124 valence electrons. The summed E-state index contributed by atoms with van der Waals surface area (Å²) in [5.74, 6) is 0. The lowest BCUT2D eigenvalue weighted by atomic mass is 10.0. The molecule has 3 nitrogen and oxygen atoms in total. The van der Waals surface area contributed by atoms with Crippen molar-refractivity contribution in [1.29, 1.82) is 0 Å². The normalized spacial score (nSPS) is 22.3. The average Bonchev–Trinajstić information content (AvgIpc) is 2.77. The largest absolute Gasteiger partial charge is 0.314 e. The maximum absolute atomic E-state index is 3.75. The summed E-state index contributed by atoms with van der Waals surface area (Å²) in [6, 6.07) is 12.5. The van der Waals surface area contributed by atoms with Gasteiger partial charge in [-0.05, 0) is 52.4 Å². The van der Waals surface area contributed by atoms with E-state index in [1.165, 1.54) is 44.2 Å². The molecule has 22 heavy (non-hydrogen) atoms. The molecule has 0 bridgehead atoms. The van der Waals surface area contributed by atoms with Crippen molar-refractivity contribution in [1.82, 2.24) is 15.5 Å². The van der Waals surface area contributed by atoms with E-state index in [1.807, 2.05) is 0 Å². The zero-order valence-corrected chi connectivity index (χ0v) is 14.5. The van der Waals surface area contributed by atoms with Crippen molar-refractivity contribution in [2.24, 2.45) is 0 Å². The summed E-state index contributed by atoms with van der Waals surface area (Å²) in [5.41, 5.74) is 1.39. The minimum atomic E-state index is 0.436. The molecule has 0 radical (unpaired) electrons. The molecule has 1 aliphatic heterocycles. The van der Waals surface area contributed by atoms with Crippen LogP contribution in [0.1, 0.15) is 50.6 Å². The van der Waals surface area contributed by atoms with Gasteiger partial charge in [0.15, 0.2) is 0 Å². The van der Waals surface area contributed by atoms with Crippen LogP contribution in [-0.2, 0) is 0 Å². The van der Waals surface area contributed by atoms with Crippen LogP contribution in [0.15, 0.2) is 30.3 Å². The lowest BCUT2D eigenvalue weighted by molar-refractivity contribution is 0.274. The highest BCUT2D eigenvalue weighted by atomic mass is 15.1. The third-order valence-corrected chi connectivity index (χ3v) is 4.77. The predicted molar refractivity (Wildman–Crippen MR) is 95.2 cm³/mol. The summed E-state index contributed by atoms with van der Waals surface area (Å²) in [6.07, 6.45) is 6.68. The SMILES string of the molecule is CC(CC1CCCCCN1)NCC(c1ccccc1)N(C)C. The number of nitrogens with zero attached hydrogens (tertiary/aromatic N) is 1. The quantitative estimate of drug-likeness (QED) is 0.810. The van der Waals surface area contributed by atoms with Crippen molar-refractivity contribution < 1.29 is 0 Å². The van der Waals surface area contributed by atoms with Crippen LogP contribution in [0.4, 0.5) is 0 Å². The number of likely N-dealkylation sites (N-methyl/N-ethyl adjacent to an activating group) is 1. The van der Waals surface area contributed by atoms with Crippen molar-refractivity contribution in [3.63, 3.8) is 0 Å². The molecule has 3 heteroatoms. The van der Waals surface area contributed by atoms with E-state index < -0.39 is 0 Å². The first-order chi connectivity index (χ1) is 10.7. The van der Waals surface area contributed by atoms with E-state index in [9.17, 15) is 0 Å². The van der Waals surface area contributed by atoms with Gasteiger partial charge in [0.2, 0.25) is 0 Å². The highest BCUT2D eigenvalue weighted by Gasteiger charge is 2.17. The summed E-state index contributed by atoms with van der Waals surface area (Å²) >= 11 is 0. The molecule has 1 heterocycles. The average molecular weight is 303 g/mol. The topological polar surface area (TPSA) is 27.3 Å². The van der Waals surface area contributed by atoms with Crippen molar-refractivity contribution >= 4 is 0 Å². The van der Waals surface area contributed by atoms with Crippen LogP contribution in [0.3, 0.4) is 0 Å². The second kappa shape index (κ2) is 9.29. The van der Waals surface area contributed by atoms with E-state index in [0.717, 1.165) is 6.54 Å². The molecule has 0 amide bonds. The number of nitrogens with one attached hydrogen (secondary N) is 2. The molecular weight excluding hydrogens is 270 g/mol. The standard InChI is InChI=1S/C19H33N3/c1-16(14-18-12-8-5-9-13-20-18)21-15-19(22(2)3)17-10-6-4-7-11-17/h4,6-7,10-11,16,18-21H,5,8-9,12-15H2,1-3H3. The summed E-state index contributed by atoms with van der Waals surface area (Å²) in [4.78, 5) is 2.30. The molecular formula is C19H33N3. The van der Waals surface area contributed by atoms with E-state index in [0.29, 0.717) is 18.1 Å². The predicted octanol–water partition coefficient (Wildman–Crippen LogP) is 3.19. The molecule has 3 atom stereocenters. The van der Waals surface area contributed by atoms with Gasteiger partial charge in [-0.3, -0.25) is 0 Å². The Morgan fingerprint density at radius 3 is 2.68 bits per heavy atom. The first-order valence-corrected chi connectivity index (χ1v) is 8.85. The molecule has 3 unspecified atom stereocenters. The van der Waals surface area contributed by atoms with Crippen LogP contribution in [0.25, 0.3) is 0 Å². The third kappa shape index (κ3) is 5.71. The summed E-state index contributed by atoms with van der Waals surface area (Å²) in [6.45, 7) is 4.52. The van der Waals surface area contributed by atoms with Crippen LogP contribution in [0.2, 0.25) is 0 Å². The molecule has 1 aromatic carbocycles. The Kier molecular flexibility index (Phi) is 7.37. The fraction of sp³-hybridized carbons (Fsp3) is 0.684. The Morgan fingerprint density at radius 1 is 1.18 bits per heavy atom. The molecule has 2 N–H and O–H groups in total. The van der Waals surface area contributed by atoms with Crippen LogP contribution < -0.4 is 10.6 Å². The van der Waals surface area contributed by atoms with Crippen LogP contribution in [0.5, 0.6) is 0 Å². The van der Waals surface area contributed by atoms with Gasteiger partial charge in [0.05, 0.1) is 0 Å². The van der Waals surface area contributed by atoms with E-state index in [1.54, 1.807) is 0 Å². The Balaban J connectivity index is 1.81. The highest BCUT2D eigenvalue weighted by Crippen LogP contribution is 2.18. The Morgan fingerprint density at radius 2 is 1.95 bits per heavy atom. The van der Waals surface area contributed by atoms with Crippen molar-refractivity contribution in [3.8, 4) is 0 Å². The molecule has 0 saturated carbocycles. The van der Waals surface area contributed by atoms with Crippen molar-refractivity contribution in [3.05, 3.63) is 35.9 Å². The summed E-state index contributed by atoms with van der Waals surface area (Å²) < 4.78 is 0. The van der Waals surface area contributed by atoms with Gasteiger partial charge in [-0.25, -0.2) is 0 Å². The van der Waals surface area contributed by atoms with E-state index in [2.05, 4.69) is 66.9 Å². The first kappa shape index (κ1) is 17.5. The fourth-order valence-corrected chi connectivity index (χ4v) is 3.40. The monoisotopic (exact) mass is 303 g/mol. The van der Waals surface area contributed by atoms with E-state index in [-0.39, 0.29) is 0 Å². The Bertz CT molecular complexity index is 396. The van der Waals surface area contributed by atoms with E-state index in [4.69, 9.17) is 0 Å². The van der Waals surface area contributed by atoms with Crippen molar-refractivity contribution in [2.45, 2.75) is 57.2 Å². The molecule has 0 aromatic heterocycles. The molecule has 0 aliphatic carbocycles. The lowest BCUT2D eigenvalue weighted by Crippen LogP contribution is -2.40. The summed E-state index contributed by atoms with van der Waals surface area (Å²) in [7, 11) is 4.33. The Hall–Kier alpha value is -0.900. The van der Waals surface area contributed by atoms with Crippen LogP contribution in [-0.4, -0.2) is 44.2 Å². The van der Waals surface area contributed by atoms with Gasteiger partial charge in [-0.2, -0.15) is 0 Å². The third-order valence-electron chi connectivity index (χ3n) is 4.77. The lowest BCUT2D eigenvalue weighted by Gasteiger charge is -2.28. The summed E-state index contributed by atoms with van der Waals surface area (Å²) in [5, 5.41) is 7.45. The second-order valence-electron chi connectivity index (χ2n) is 6.94. The minimum absolute atomic E-state index is 0.436. The van der Waals surface area contributed by atoms with Gasteiger partial charge < -0.3 is 15.5 Å². The molecule has 2 rings (SSSR count). The minimum Gasteiger partial charge on any atom is -0.314 e. The molecule has 0 spiro atoms. The fourth-order valence-electron chi connectivity index (χ4n) is 3.40. The smallest absolute Gasteiger partial charge is 0.0466 e.